The van der Waals surface area contributed by atoms with Gasteiger partial charge >= 0.3 is 5.97 Å². The number of amides is 1. The Kier molecular flexibility index (Phi) is 3.75. The molecule has 1 aliphatic rings. The third-order valence-corrected chi connectivity index (χ3v) is 4.71. The zero-order chi connectivity index (χ0) is 14.8. The summed E-state index contributed by atoms with van der Waals surface area (Å²) in [5, 5.41) is 11.4. The van der Waals surface area contributed by atoms with Gasteiger partial charge in [0.2, 0.25) is 5.91 Å². The number of carboxylic acids is 1. The van der Waals surface area contributed by atoms with Gasteiger partial charge in [-0.3, -0.25) is 4.79 Å². The molecule has 2 aromatic rings. The van der Waals surface area contributed by atoms with Gasteiger partial charge < -0.3 is 10.0 Å². The van der Waals surface area contributed by atoms with E-state index in [1.165, 1.54) is 4.90 Å². The van der Waals surface area contributed by atoms with Gasteiger partial charge in [-0.1, -0.05) is 30.3 Å². The Balaban J connectivity index is 1.84. The Morgan fingerprint density at radius 1 is 1.24 bits per heavy atom. The SMILES string of the molecule is O=C(O)C1c2ccsc2CCN1C(=O)Cc1ccccc1. The van der Waals surface area contributed by atoms with E-state index in [2.05, 4.69) is 0 Å². The molecule has 3 rings (SSSR count). The van der Waals surface area contributed by atoms with Gasteiger partial charge in [0.15, 0.2) is 6.04 Å². The Morgan fingerprint density at radius 3 is 2.71 bits per heavy atom. The number of rotatable bonds is 3. The first-order valence-electron chi connectivity index (χ1n) is 6.79. The van der Waals surface area contributed by atoms with E-state index in [0.29, 0.717) is 6.54 Å². The lowest BCUT2D eigenvalue weighted by molar-refractivity contribution is -0.150. The van der Waals surface area contributed by atoms with E-state index in [1.54, 1.807) is 11.3 Å². The summed E-state index contributed by atoms with van der Waals surface area (Å²) in [6, 6.07) is 10.4. The van der Waals surface area contributed by atoms with Crippen molar-refractivity contribution in [1.29, 1.82) is 0 Å². The van der Waals surface area contributed by atoms with Gasteiger partial charge in [0.1, 0.15) is 0 Å². The highest BCUT2D eigenvalue weighted by Gasteiger charge is 2.36. The summed E-state index contributed by atoms with van der Waals surface area (Å²) in [4.78, 5) is 26.6. The van der Waals surface area contributed by atoms with Crippen LogP contribution >= 0.6 is 11.3 Å². The van der Waals surface area contributed by atoms with Gasteiger partial charge in [-0.15, -0.1) is 11.3 Å². The van der Waals surface area contributed by atoms with E-state index in [-0.39, 0.29) is 12.3 Å². The maximum atomic E-state index is 12.5. The van der Waals surface area contributed by atoms with Crippen molar-refractivity contribution in [2.75, 3.05) is 6.54 Å². The number of thiophene rings is 1. The molecule has 1 aromatic carbocycles. The number of hydrogen-bond donors (Lipinski definition) is 1. The summed E-state index contributed by atoms with van der Waals surface area (Å²) in [7, 11) is 0. The minimum atomic E-state index is -0.962. The predicted octanol–water partition coefficient (Wildman–Crippen LogP) is 2.50. The summed E-state index contributed by atoms with van der Waals surface area (Å²) in [6.07, 6.45) is 0.974. The lowest BCUT2D eigenvalue weighted by atomic mass is 9.99. The lowest BCUT2D eigenvalue weighted by Gasteiger charge is -2.33. The van der Waals surface area contributed by atoms with E-state index in [4.69, 9.17) is 0 Å². The van der Waals surface area contributed by atoms with Crippen LogP contribution in [0.1, 0.15) is 22.0 Å². The Bertz CT molecular complexity index is 665. The third kappa shape index (κ3) is 2.69. The van der Waals surface area contributed by atoms with Crippen LogP contribution < -0.4 is 0 Å². The van der Waals surface area contributed by atoms with Gasteiger partial charge in [-0.05, 0) is 29.0 Å². The molecule has 1 N–H and O–H groups in total. The monoisotopic (exact) mass is 301 g/mol. The first kappa shape index (κ1) is 13.8. The average Bonchev–Trinajstić information content (AvgIpc) is 2.95. The first-order valence-corrected chi connectivity index (χ1v) is 7.67. The zero-order valence-electron chi connectivity index (χ0n) is 11.4. The summed E-state index contributed by atoms with van der Waals surface area (Å²) in [5.41, 5.74) is 1.67. The number of nitrogens with zero attached hydrogens (tertiary/aromatic N) is 1. The van der Waals surface area contributed by atoms with Crippen LogP contribution in [0.15, 0.2) is 41.8 Å². The van der Waals surface area contributed by atoms with E-state index in [9.17, 15) is 14.7 Å². The highest BCUT2D eigenvalue weighted by atomic mass is 32.1. The van der Waals surface area contributed by atoms with Crippen LogP contribution in [-0.2, 0) is 22.4 Å². The molecule has 4 nitrogen and oxygen atoms in total. The summed E-state index contributed by atoms with van der Waals surface area (Å²) < 4.78 is 0. The van der Waals surface area contributed by atoms with Crippen LogP contribution in [-0.4, -0.2) is 28.4 Å². The lowest BCUT2D eigenvalue weighted by Crippen LogP contribution is -2.43. The first-order chi connectivity index (χ1) is 10.2. The number of carbonyl (C=O) groups is 2. The normalized spacial score (nSPS) is 17.3. The molecule has 1 amide bonds. The molecule has 1 aromatic heterocycles. The van der Waals surface area contributed by atoms with Gasteiger partial charge in [0, 0.05) is 11.4 Å². The van der Waals surface area contributed by atoms with Crippen molar-refractivity contribution < 1.29 is 14.7 Å². The van der Waals surface area contributed by atoms with Crippen molar-refractivity contribution in [3.8, 4) is 0 Å². The molecule has 0 bridgehead atoms. The van der Waals surface area contributed by atoms with Crippen molar-refractivity contribution in [3.05, 3.63) is 57.8 Å². The number of hydrogen-bond acceptors (Lipinski definition) is 3. The fourth-order valence-electron chi connectivity index (χ4n) is 2.72. The fraction of sp³-hybridized carbons (Fsp3) is 0.250. The summed E-state index contributed by atoms with van der Waals surface area (Å²) in [6.45, 7) is 0.468. The molecule has 0 aliphatic carbocycles. The molecule has 1 aliphatic heterocycles. The molecule has 1 atom stereocenters. The minimum Gasteiger partial charge on any atom is -0.479 e. The van der Waals surface area contributed by atoms with Crippen molar-refractivity contribution >= 4 is 23.2 Å². The number of aliphatic carboxylic acids is 1. The van der Waals surface area contributed by atoms with Gasteiger partial charge in [0.05, 0.1) is 6.42 Å². The Morgan fingerprint density at radius 2 is 2.00 bits per heavy atom. The fourth-order valence-corrected chi connectivity index (χ4v) is 3.63. The van der Waals surface area contributed by atoms with Crippen LogP contribution in [0.5, 0.6) is 0 Å². The van der Waals surface area contributed by atoms with E-state index in [1.807, 2.05) is 41.8 Å². The molecule has 0 saturated heterocycles. The van der Waals surface area contributed by atoms with Crippen molar-refractivity contribution in [2.24, 2.45) is 0 Å². The molecule has 108 valence electrons. The van der Waals surface area contributed by atoms with E-state index >= 15 is 0 Å². The second kappa shape index (κ2) is 5.69. The number of carboxylic acid groups (broad SMARTS) is 1. The summed E-state index contributed by atoms with van der Waals surface area (Å²) in [5.74, 6) is -1.10. The maximum absolute atomic E-state index is 12.5. The quantitative estimate of drug-likeness (QED) is 0.947. The average molecular weight is 301 g/mol. The molecular formula is C16H15NO3S. The molecular weight excluding hydrogens is 286 g/mol. The molecule has 5 heteroatoms. The molecule has 0 saturated carbocycles. The molecule has 1 unspecified atom stereocenters. The molecule has 0 spiro atoms. The highest BCUT2D eigenvalue weighted by molar-refractivity contribution is 7.10. The largest absolute Gasteiger partial charge is 0.479 e. The van der Waals surface area contributed by atoms with Gasteiger partial charge in [0.25, 0.3) is 0 Å². The topological polar surface area (TPSA) is 57.6 Å². The summed E-state index contributed by atoms with van der Waals surface area (Å²) >= 11 is 1.56. The van der Waals surface area contributed by atoms with E-state index < -0.39 is 12.0 Å². The van der Waals surface area contributed by atoms with Crippen molar-refractivity contribution in [1.82, 2.24) is 4.90 Å². The minimum absolute atomic E-state index is 0.134. The number of benzene rings is 1. The third-order valence-electron chi connectivity index (χ3n) is 3.72. The van der Waals surface area contributed by atoms with Gasteiger partial charge in [-0.25, -0.2) is 4.79 Å². The molecule has 0 fully saturated rings. The highest BCUT2D eigenvalue weighted by Crippen LogP contribution is 2.33. The standard InChI is InChI=1S/C16H15NO3S/c18-14(10-11-4-2-1-3-5-11)17-8-6-13-12(7-9-21-13)15(17)16(19)20/h1-5,7,9,15H,6,8,10H2,(H,19,20). The van der Waals surface area contributed by atoms with Crippen molar-refractivity contribution in [2.45, 2.75) is 18.9 Å². The van der Waals surface area contributed by atoms with Crippen LogP contribution in [0.25, 0.3) is 0 Å². The number of carbonyl (C=O) groups excluding carboxylic acids is 1. The zero-order valence-corrected chi connectivity index (χ0v) is 12.2. The van der Waals surface area contributed by atoms with E-state index in [0.717, 1.165) is 22.4 Å². The second-order valence-electron chi connectivity index (χ2n) is 5.04. The Labute approximate surface area is 126 Å². The van der Waals surface area contributed by atoms with Gasteiger partial charge in [-0.2, -0.15) is 0 Å². The smallest absolute Gasteiger partial charge is 0.331 e. The van der Waals surface area contributed by atoms with Crippen molar-refractivity contribution in [3.63, 3.8) is 0 Å². The maximum Gasteiger partial charge on any atom is 0.331 e. The van der Waals surface area contributed by atoms with Crippen LogP contribution in [0.2, 0.25) is 0 Å². The van der Waals surface area contributed by atoms with Crippen LogP contribution in [0.3, 0.4) is 0 Å². The number of fused-ring (bicyclic) bond motifs is 1. The molecule has 21 heavy (non-hydrogen) atoms. The van der Waals surface area contributed by atoms with Crippen LogP contribution in [0, 0.1) is 0 Å². The van der Waals surface area contributed by atoms with Crippen LogP contribution in [0.4, 0.5) is 0 Å². The Hall–Kier alpha value is -2.14. The predicted molar refractivity (Wildman–Crippen MR) is 80.3 cm³/mol. The molecule has 0 radical (unpaired) electrons. The second-order valence-corrected chi connectivity index (χ2v) is 6.04. The molecule has 2 heterocycles.